The Labute approximate surface area is 269 Å². The molecule has 0 radical (unpaired) electrons. The van der Waals surface area contributed by atoms with E-state index >= 15 is 0 Å². The van der Waals surface area contributed by atoms with E-state index in [0.29, 0.717) is 53.6 Å². The molecule has 2 bridgehead atoms. The molecule has 0 spiro atoms. The number of rotatable bonds is 9. The van der Waals surface area contributed by atoms with Crippen LogP contribution in [-0.4, -0.2) is 81.3 Å². The molecule has 1 saturated heterocycles. The third-order valence-corrected chi connectivity index (χ3v) is 9.67. The average molecular weight is 636 g/mol. The fraction of sp³-hybridized carbons (Fsp3) is 0.559. The Morgan fingerprint density at radius 2 is 1.83 bits per heavy atom. The maximum Gasteiger partial charge on any atom is 0.308 e. The number of aryl methyl sites for hydroxylation is 1. The van der Waals surface area contributed by atoms with Gasteiger partial charge in [-0.3, -0.25) is 19.4 Å². The van der Waals surface area contributed by atoms with Gasteiger partial charge in [-0.1, -0.05) is 13.0 Å². The minimum absolute atomic E-state index is 0.000293. The van der Waals surface area contributed by atoms with Crippen LogP contribution in [0.2, 0.25) is 0 Å². The van der Waals surface area contributed by atoms with Crippen molar-refractivity contribution in [1.82, 2.24) is 9.80 Å². The summed E-state index contributed by atoms with van der Waals surface area (Å²) in [4.78, 5) is 29.7. The number of methoxy groups -OCH3 is 2. The summed E-state index contributed by atoms with van der Waals surface area (Å²) in [6, 6.07) is 2.82. The smallest absolute Gasteiger partial charge is 0.308 e. The van der Waals surface area contributed by atoms with Crippen LogP contribution in [-0.2, 0) is 31.9 Å². The lowest BCUT2D eigenvalue weighted by Gasteiger charge is -2.59. The Bertz CT molecular complexity index is 1600. The number of hydrogen-bond donors (Lipinski definition) is 0. The first-order chi connectivity index (χ1) is 22.2. The third kappa shape index (κ3) is 5.01. The molecule has 0 amide bonds. The van der Waals surface area contributed by atoms with E-state index in [0.717, 1.165) is 27.8 Å². The quantitative estimate of drug-likeness (QED) is 0.224. The summed E-state index contributed by atoms with van der Waals surface area (Å²) in [5.74, 6) is 1.86. The molecule has 0 aliphatic carbocycles. The second-order valence-corrected chi connectivity index (χ2v) is 12.3. The topological polar surface area (TPSA) is 129 Å². The number of nitriles is 1. The van der Waals surface area contributed by atoms with E-state index < -0.39 is 18.1 Å². The van der Waals surface area contributed by atoms with Gasteiger partial charge in [0.1, 0.15) is 18.4 Å². The van der Waals surface area contributed by atoms with Crippen molar-refractivity contribution in [3.63, 3.8) is 0 Å². The van der Waals surface area contributed by atoms with Crippen molar-refractivity contribution in [2.75, 3.05) is 41.5 Å². The number of nitrogens with zero attached hydrogens (tertiary/aromatic N) is 3. The lowest BCUT2D eigenvalue weighted by atomic mass is 9.71. The molecule has 4 aliphatic rings. The van der Waals surface area contributed by atoms with Gasteiger partial charge in [-0.25, -0.2) is 0 Å². The van der Waals surface area contributed by atoms with Gasteiger partial charge in [0.25, 0.3) is 0 Å². The average Bonchev–Trinajstić information content (AvgIpc) is 3.51. The van der Waals surface area contributed by atoms with Crippen LogP contribution >= 0.6 is 0 Å². The van der Waals surface area contributed by atoms with Crippen LogP contribution < -0.4 is 23.7 Å². The summed E-state index contributed by atoms with van der Waals surface area (Å²) in [7, 11) is 5.23. The monoisotopic (exact) mass is 635 g/mol. The van der Waals surface area contributed by atoms with Crippen LogP contribution in [0.5, 0.6) is 28.7 Å². The van der Waals surface area contributed by atoms with Gasteiger partial charge < -0.3 is 33.2 Å². The highest BCUT2D eigenvalue weighted by Crippen LogP contribution is 2.58. The normalized spacial score (nSPS) is 24.3. The molecule has 2 aromatic carbocycles. The molecule has 1 fully saturated rings. The Balaban J connectivity index is 1.60. The van der Waals surface area contributed by atoms with Gasteiger partial charge in [0.2, 0.25) is 6.79 Å². The lowest BCUT2D eigenvalue weighted by Crippen LogP contribution is -2.68. The minimum Gasteiger partial charge on any atom is -0.493 e. The first-order valence-electron chi connectivity index (χ1n) is 15.7. The van der Waals surface area contributed by atoms with Crippen LogP contribution in [0, 0.1) is 25.2 Å². The summed E-state index contributed by atoms with van der Waals surface area (Å²) in [5.41, 5.74) is 5.10. The molecule has 4 heterocycles. The van der Waals surface area contributed by atoms with Gasteiger partial charge in [-0.15, -0.1) is 0 Å². The number of benzene rings is 2. The van der Waals surface area contributed by atoms with Crippen molar-refractivity contribution < 1.29 is 42.7 Å². The number of fused-ring (bicyclic) bond motifs is 9. The number of esters is 2. The van der Waals surface area contributed by atoms with E-state index in [1.165, 1.54) is 6.92 Å². The maximum absolute atomic E-state index is 12.8. The van der Waals surface area contributed by atoms with E-state index in [4.69, 9.17) is 33.2 Å². The van der Waals surface area contributed by atoms with Crippen LogP contribution in [0.25, 0.3) is 0 Å². The fourth-order valence-corrected chi connectivity index (χ4v) is 7.96. The molecule has 12 heteroatoms. The zero-order valence-corrected chi connectivity index (χ0v) is 27.4. The highest BCUT2D eigenvalue weighted by Gasteiger charge is 2.57. The summed E-state index contributed by atoms with van der Waals surface area (Å²) in [6.45, 7) is 7.12. The zero-order valence-electron chi connectivity index (χ0n) is 27.4. The van der Waals surface area contributed by atoms with Crippen molar-refractivity contribution in [3.8, 4) is 34.8 Å². The number of likely N-dealkylation sites (N-methyl/N-ethyl adjacent to an activating group) is 1. The van der Waals surface area contributed by atoms with Crippen molar-refractivity contribution in [2.24, 2.45) is 0 Å². The van der Waals surface area contributed by atoms with Crippen molar-refractivity contribution in [1.29, 1.82) is 5.26 Å². The zero-order chi connectivity index (χ0) is 32.9. The first-order valence-corrected chi connectivity index (χ1v) is 15.7. The van der Waals surface area contributed by atoms with Gasteiger partial charge >= 0.3 is 11.9 Å². The van der Waals surface area contributed by atoms with E-state index in [9.17, 15) is 14.9 Å². The molecule has 5 atom stereocenters. The molecule has 1 unspecified atom stereocenters. The van der Waals surface area contributed by atoms with E-state index in [1.54, 1.807) is 14.2 Å². The highest BCUT2D eigenvalue weighted by atomic mass is 16.7. The van der Waals surface area contributed by atoms with Gasteiger partial charge in [0, 0.05) is 54.8 Å². The van der Waals surface area contributed by atoms with Crippen LogP contribution in [0.1, 0.15) is 72.2 Å². The van der Waals surface area contributed by atoms with E-state index in [2.05, 4.69) is 21.9 Å². The SMILES string of the molecule is CCCC(=O)OC[C@H]1c2c(c(OC(C)=O)c(C)c3c2OCO3)CC2[C@H]3c4c(cc(C)c(OC)c4OCOC)C[C@H]([C@H](C#N)N21)N3C. The van der Waals surface area contributed by atoms with E-state index in [-0.39, 0.29) is 50.7 Å². The summed E-state index contributed by atoms with van der Waals surface area (Å²) in [5, 5.41) is 10.8. The third-order valence-electron chi connectivity index (χ3n) is 9.67. The molecule has 246 valence electrons. The highest BCUT2D eigenvalue weighted by molar-refractivity contribution is 5.74. The second kappa shape index (κ2) is 12.6. The standard InChI is InChI=1S/C34H41N3O9/c1-8-9-26(39)42-14-25-28-21(31(46-19(4)38)18(3)32-34(28)45-16-44-32)12-23-29-27-20(11-22(36(29)5)24(13-35)37(23)25)10-17(2)30(41-7)33(27)43-15-40-6/h10,22-25,29H,8-9,11-12,14-16H2,1-7H3/t22-,23?,24+,25+,29+/m1/s1. The number of hydrogen-bond acceptors (Lipinski definition) is 12. The van der Waals surface area contributed by atoms with Gasteiger partial charge in [-0.05, 0) is 51.3 Å². The first kappa shape index (κ1) is 31.9. The molecule has 6 rings (SSSR count). The number of carbonyl (C=O) groups excluding carboxylic acids is 2. The van der Waals surface area contributed by atoms with Gasteiger partial charge in [-0.2, -0.15) is 5.26 Å². The maximum atomic E-state index is 12.8. The van der Waals surface area contributed by atoms with Gasteiger partial charge in [0.15, 0.2) is 29.8 Å². The Morgan fingerprint density at radius 3 is 2.50 bits per heavy atom. The summed E-state index contributed by atoms with van der Waals surface area (Å²) in [6.07, 6.45) is 1.92. The Morgan fingerprint density at radius 1 is 1.07 bits per heavy atom. The molecule has 0 aromatic heterocycles. The molecule has 0 saturated carbocycles. The van der Waals surface area contributed by atoms with E-state index in [1.807, 2.05) is 27.8 Å². The number of ether oxygens (including phenoxy) is 7. The second-order valence-electron chi connectivity index (χ2n) is 12.3. The summed E-state index contributed by atoms with van der Waals surface area (Å²) >= 11 is 0. The van der Waals surface area contributed by atoms with Crippen molar-refractivity contribution in [3.05, 3.63) is 39.4 Å². The number of piperazine rings is 1. The molecule has 4 aliphatic heterocycles. The molecule has 46 heavy (non-hydrogen) atoms. The molecule has 12 nitrogen and oxygen atoms in total. The van der Waals surface area contributed by atoms with Gasteiger partial charge in [0.05, 0.1) is 25.3 Å². The minimum atomic E-state index is -0.583. The number of carbonyl (C=O) groups is 2. The predicted octanol–water partition coefficient (Wildman–Crippen LogP) is 4.06. The van der Waals surface area contributed by atoms with Crippen LogP contribution in [0.15, 0.2) is 6.07 Å². The molecular formula is C34H41N3O9. The Kier molecular flexibility index (Phi) is 8.76. The summed E-state index contributed by atoms with van der Waals surface area (Å²) < 4.78 is 41.2. The predicted molar refractivity (Wildman–Crippen MR) is 164 cm³/mol. The molecule has 0 N–H and O–H groups in total. The van der Waals surface area contributed by atoms with Crippen LogP contribution in [0.3, 0.4) is 0 Å². The molecular weight excluding hydrogens is 594 g/mol. The fourth-order valence-electron chi connectivity index (χ4n) is 7.96. The largest absolute Gasteiger partial charge is 0.493 e. The van der Waals surface area contributed by atoms with Crippen molar-refractivity contribution in [2.45, 2.75) is 83.6 Å². The molecule has 2 aromatic rings. The Hall–Kier alpha value is -4.05. The van der Waals surface area contributed by atoms with Crippen molar-refractivity contribution >= 4 is 11.9 Å². The van der Waals surface area contributed by atoms with Crippen LogP contribution in [0.4, 0.5) is 0 Å². The lowest BCUT2D eigenvalue weighted by molar-refractivity contribution is -0.149.